The van der Waals surface area contributed by atoms with Gasteiger partial charge in [0, 0.05) is 44.4 Å². The van der Waals surface area contributed by atoms with Gasteiger partial charge in [0.05, 0.1) is 11.1 Å². The number of carbonyl (C=O) groups excluding carboxylic acids is 2. The van der Waals surface area contributed by atoms with E-state index in [1.54, 1.807) is 39.5 Å². The fraction of sp³-hybridized carbons (Fsp3) is 0.303. The van der Waals surface area contributed by atoms with Crippen LogP contribution in [0.4, 0.5) is 9.18 Å². The molecular weight excluding hydrogens is 537 g/mol. The molecule has 0 saturated carbocycles. The maximum Gasteiger partial charge on any atom is 0.410 e. The fourth-order valence-corrected chi connectivity index (χ4v) is 5.37. The first kappa shape index (κ1) is 28.9. The van der Waals surface area contributed by atoms with E-state index < -0.39 is 17.7 Å². The van der Waals surface area contributed by atoms with E-state index in [-0.39, 0.29) is 23.7 Å². The number of benzene rings is 2. The van der Waals surface area contributed by atoms with Gasteiger partial charge in [0.1, 0.15) is 17.1 Å². The predicted octanol–water partition coefficient (Wildman–Crippen LogP) is 6.04. The van der Waals surface area contributed by atoms with Crippen molar-refractivity contribution < 1.29 is 28.6 Å². The minimum Gasteiger partial charge on any atom is -0.478 e. The van der Waals surface area contributed by atoms with Crippen molar-refractivity contribution in [1.29, 1.82) is 0 Å². The normalized spacial score (nSPS) is 13.8. The molecule has 4 aromatic rings. The summed E-state index contributed by atoms with van der Waals surface area (Å²) in [7, 11) is 0. The van der Waals surface area contributed by atoms with Crippen molar-refractivity contribution in [3.05, 3.63) is 101 Å². The highest BCUT2D eigenvalue weighted by molar-refractivity contribution is 6.02. The number of aromatic carboxylic acids is 1. The third-order valence-corrected chi connectivity index (χ3v) is 7.52. The smallest absolute Gasteiger partial charge is 0.410 e. The van der Waals surface area contributed by atoms with Crippen molar-refractivity contribution in [2.24, 2.45) is 0 Å². The number of fused-ring (bicyclic) bond motifs is 1. The highest BCUT2D eigenvalue weighted by Gasteiger charge is 2.32. The van der Waals surface area contributed by atoms with E-state index in [0.29, 0.717) is 48.5 Å². The third-order valence-electron chi connectivity index (χ3n) is 7.52. The molecule has 0 spiro atoms. The molecule has 1 aliphatic rings. The van der Waals surface area contributed by atoms with Crippen LogP contribution in [-0.4, -0.2) is 69.1 Å². The van der Waals surface area contributed by atoms with E-state index in [2.05, 4.69) is 0 Å². The number of hydrogen-bond acceptors (Lipinski definition) is 4. The number of halogens is 1. The summed E-state index contributed by atoms with van der Waals surface area (Å²) >= 11 is 0. The summed E-state index contributed by atoms with van der Waals surface area (Å²) in [4.78, 5) is 42.2. The van der Waals surface area contributed by atoms with Crippen LogP contribution in [0, 0.1) is 12.7 Å². The highest BCUT2D eigenvalue weighted by atomic mass is 19.1. The molecule has 1 N–H and O–H groups in total. The number of nitrogens with zero attached hydrogens (tertiary/aromatic N) is 3. The van der Waals surface area contributed by atoms with Crippen molar-refractivity contribution in [1.82, 2.24) is 14.2 Å². The predicted molar refractivity (Wildman–Crippen MR) is 157 cm³/mol. The van der Waals surface area contributed by atoms with Gasteiger partial charge in [-0.15, -0.1) is 0 Å². The second-order valence-electron chi connectivity index (χ2n) is 11.5. The van der Waals surface area contributed by atoms with Gasteiger partial charge in [0.15, 0.2) is 0 Å². The molecule has 2 aromatic heterocycles. The molecule has 0 unspecified atom stereocenters. The summed E-state index contributed by atoms with van der Waals surface area (Å²) in [5, 5.41) is 9.77. The minimum absolute atomic E-state index is 0.0932. The van der Waals surface area contributed by atoms with E-state index >= 15 is 0 Å². The quantitative estimate of drug-likeness (QED) is 0.316. The number of ether oxygens (including phenoxy) is 1. The minimum atomic E-state index is -1.08. The molecule has 0 bridgehead atoms. The Morgan fingerprint density at radius 3 is 2.24 bits per heavy atom. The number of carboxylic acids is 1. The maximum absolute atomic E-state index is 14.6. The summed E-state index contributed by atoms with van der Waals surface area (Å²) < 4.78 is 21.9. The summed E-state index contributed by atoms with van der Waals surface area (Å²) in [6.45, 7) is 8.38. The number of carboxylic acid groups (broad SMARTS) is 1. The van der Waals surface area contributed by atoms with Crippen molar-refractivity contribution >= 4 is 23.5 Å². The zero-order chi connectivity index (χ0) is 30.2. The Bertz CT molecular complexity index is 1660. The maximum atomic E-state index is 14.6. The molecule has 9 heteroatoms. The summed E-state index contributed by atoms with van der Waals surface area (Å²) in [6, 6.07) is 17.4. The van der Waals surface area contributed by atoms with Crippen LogP contribution < -0.4 is 0 Å². The number of rotatable bonds is 5. The summed E-state index contributed by atoms with van der Waals surface area (Å²) in [5.41, 5.74) is 3.85. The molecule has 0 aliphatic carbocycles. The third kappa shape index (κ3) is 5.72. The van der Waals surface area contributed by atoms with Gasteiger partial charge in [-0.2, -0.15) is 0 Å². The Morgan fingerprint density at radius 1 is 0.929 bits per heavy atom. The molecular formula is C33H34FN3O5. The lowest BCUT2D eigenvalue weighted by Gasteiger charge is -2.35. The SMILES string of the molecule is Cc1c(F)cccc1Cc1c(-c2ccccc2)c2cc(C(=O)O)ccn2c1C(=O)N1CCN(C(=O)OC(C)(C)C)CC1. The van der Waals surface area contributed by atoms with E-state index in [9.17, 15) is 23.9 Å². The van der Waals surface area contributed by atoms with Crippen molar-refractivity contribution in [2.45, 2.75) is 39.7 Å². The molecule has 218 valence electrons. The van der Waals surface area contributed by atoms with Gasteiger partial charge < -0.3 is 24.0 Å². The van der Waals surface area contributed by atoms with Gasteiger partial charge >= 0.3 is 12.1 Å². The van der Waals surface area contributed by atoms with Crippen LogP contribution >= 0.6 is 0 Å². The van der Waals surface area contributed by atoms with Crippen LogP contribution in [0.25, 0.3) is 16.6 Å². The van der Waals surface area contributed by atoms with Crippen LogP contribution in [0.3, 0.4) is 0 Å². The van der Waals surface area contributed by atoms with Crippen molar-refractivity contribution in [3.63, 3.8) is 0 Å². The number of amides is 2. The second kappa shape index (κ2) is 11.3. The number of aromatic nitrogens is 1. The molecule has 2 aromatic carbocycles. The Morgan fingerprint density at radius 2 is 1.60 bits per heavy atom. The molecule has 3 heterocycles. The number of hydrogen-bond donors (Lipinski definition) is 1. The lowest BCUT2D eigenvalue weighted by molar-refractivity contribution is 0.0139. The molecule has 42 heavy (non-hydrogen) atoms. The van der Waals surface area contributed by atoms with E-state index in [4.69, 9.17) is 4.74 Å². The summed E-state index contributed by atoms with van der Waals surface area (Å²) in [5.74, 6) is -1.66. The first-order chi connectivity index (χ1) is 19.9. The average Bonchev–Trinajstić information content (AvgIpc) is 3.27. The van der Waals surface area contributed by atoms with Crippen LogP contribution in [0.2, 0.25) is 0 Å². The van der Waals surface area contributed by atoms with Crippen molar-refractivity contribution in [2.75, 3.05) is 26.2 Å². The van der Waals surface area contributed by atoms with Gasteiger partial charge in [-0.1, -0.05) is 42.5 Å². The van der Waals surface area contributed by atoms with E-state index in [1.165, 1.54) is 12.1 Å². The van der Waals surface area contributed by atoms with Gasteiger partial charge in [-0.05, 0) is 68.1 Å². The zero-order valence-electron chi connectivity index (χ0n) is 24.2. The molecule has 5 rings (SSSR count). The van der Waals surface area contributed by atoms with Crippen molar-refractivity contribution in [3.8, 4) is 11.1 Å². The number of piperazine rings is 1. The lowest BCUT2D eigenvalue weighted by Crippen LogP contribution is -2.51. The van der Waals surface area contributed by atoms with Crippen LogP contribution in [0.5, 0.6) is 0 Å². The molecule has 2 amide bonds. The number of pyridine rings is 1. The molecule has 8 nitrogen and oxygen atoms in total. The summed E-state index contributed by atoms with van der Waals surface area (Å²) in [6.07, 6.45) is 1.45. The lowest BCUT2D eigenvalue weighted by atomic mass is 9.93. The van der Waals surface area contributed by atoms with E-state index in [0.717, 1.165) is 16.7 Å². The Balaban J connectivity index is 1.62. The topological polar surface area (TPSA) is 91.6 Å². The Hall–Kier alpha value is -4.66. The standard InChI is InChI=1S/C33H34FN3O5/c1-21-23(11-8-12-26(21)34)19-25-28(22-9-6-5-7-10-22)27-20-24(31(39)40)13-14-37(27)29(25)30(38)35-15-17-36(18-16-35)32(41)42-33(2,3)4/h5-14,20H,15-19H2,1-4H3,(H,39,40). The fourth-order valence-electron chi connectivity index (χ4n) is 5.37. The van der Waals surface area contributed by atoms with Crippen LogP contribution in [0.1, 0.15) is 58.3 Å². The molecule has 1 aliphatic heterocycles. The molecule has 0 radical (unpaired) electrons. The van der Waals surface area contributed by atoms with Crippen LogP contribution in [-0.2, 0) is 11.2 Å². The Labute approximate surface area is 243 Å². The average molecular weight is 572 g/mol. The molecule has 1 saturated heterocycles. The van der Waals surface area contributed by atoms with Gasteiger partial charge in [-0.25, -0.2) is 14.0 Å². The zero-order valence-corrected chi connectivity index (χ0v) is 24.2. The first-order valence-corrected chi connectivity index (χ1v) is 13.9. The van der Waals surface area contributed by atoms with Crippen LogP contribution in [0.15, 0.2) is 66.9 Å². The Kier molecular flexibility index (Phi) is 7.77. The first-order valence-electron chi connectivity index (χ1n) is 13.9. The second-order valence-corrected chi connectivity index (χ2v) is 11.5. The highest BCUT2D eigenvalue weighted by Crippen LogP contribution is 2.37. The molecule has 0 atom stereocenters. The van der Waals surface area contributed by atoms with E-state index in [1.807, 2.05) is 57.2 Å². The van der Waals surface area contributed by atoms with Gasteiger partial charge in [-0.3, -0.25) is 4.79 Å². The largest absolute Gasteiger partial charge is 0.478 e. The monoisotopic (exact) mass is 571 g/mol. The molecule has 1 fully saturated rings. The van der Waals surface area contributed by atoms with Gasteiger partial charge in [0.25, 0.3) is 5.91 Å². The number of carbonyl (C=O) groups is 3. The van der Waals surface area contributed by atoms with Gasteiger partial charge in [0.2, 0.25) is 0 Å².